The van der Waals surface area contributed by atoms with E-state index in [-0.39, 0.29) is 5.02 Å². The van der Waals surface area contributed by atoms with Crippen LogP contribution in [0.4, 0.5) is 10.1 Å². The summed E-state index contributed by atoms with van der Waals surface area (Å²) in [6, 6.07) is 8.28. The van der Waals surface area contributed by atoms with Gasteiger partial charge in [-0.25, -0.2) is 9.38 Å². The number of aliphatic imine (C=N–C) groups is 1. The highest BCUT2D eigenvalue weighted by Crippen LogP contribution is 2.33. The Balaban J connectivity index is 2.30. The molecule has 0 aromatic heterocycles. The number of nitrogens with zero attached hydrogens (tertiary/aromatic N) is 2. The minimum absolute atomic E-state index is 0.0912. The second kappa shape index (κ2) is 8.00. The zero-order valence-corrected chi connectivity index (χ0v) is 15.1. The zero-order valence-electron chi connectivity index (χ0n) is 12.8. The molecule has 23 heavy (non-hydrogen) atoms. The summed E-state index contributed by atoms with van der Waals surface area (Å²) in [4.78, 5) is 6.22. The van der Waals surface area contributed by atoms with Gasteiger partial charge in [0.15, 0.2) is 0 Å². The van der Waals surface area contributed by atoms with Crippen LogP contribution in [0, 0.1) is 5.82 Å². The Labute approximate surface area is 150 Å². The van der Waals surface area contributed by atoms with Crippen molar-refractivity contribution in [3.05, 3.63) is 62.3 Å². The van der Waals surface area contributed by atoms with Crippen LogP contribution >= 0.6 is 34.8 Å². The van der Waals surface area contributed by atoms with Crippen molar-refractivity contribution in [2.24, 2.45) is 4.99 Å². The van der Waals surface area contributed by atoms with E-state index in [9.17, 15) is 4.39 Å². The number of hydrogen-bond donors (Lipinski definition) is 0. The lowest BCUT2D eigenvalue weighted by atomic mass is 10.0. The smallest absolute Gasteiger partial charge is 0.145 e. The number of benzene rings is 2. The Bertz CT molecular complexity index is 732. The monoisotopic (exact) mass is 372 g/mol. The maximum atomic E-state index is 14.0. The summed E-state index contributed by atoms with van der Waals surface area (Å²) in [5.41, 5.74) is 1.77. The first kappa shape index (κ1) is 18.1. The van der Waals surface area contributed by atoms with Crippen LogP contribution in [0.2, 0.25) is 15.1 Å². The predicted octanol–water partition coefficient (Wildman–Crippen LogP) is 5.99. The summed E-state index contributed by atoms with van der Waals surface area (Å²) in [6.07, 6.45) is 2.00. The molecular formula is C17H16Cl3FN2. The normalized spacial score (nSPS) is 11.2. The van der Waals surface area contributed by atoms with Gasteiger partial charge in [0.25, 0.3) is 0 Å². The zero-order chi connectivity index (χ0) is 17.0. The number of halogens is 4. The largest absolute Gasteiger partial charge is 0.366 e. The molecule has 2 aromatic rings. The van der Waals surface area contributed by atoms with Gasteiger partial charge < -0.3 is 4.90 Å². The fourth-order valence-electron chi connectivity index (χ4n) is 1.94. The van der Waals surface area contributed by atoms with Crippen LogP contribution in [0.5, 0.6) is 0 Å². The van der Waals surface area contributed by atoms with Crippen LogP contribution in [0.15, 0.2) is 35.3 Å². The van der Waals surface area contributed by atoms with Crippen molar-refractivity contribution in [1.29, 1.82) is 0 Å². The minimum atomic E-state index is -0.437. The van der Waals surface area contributed by atoms with Crippen molar-refractivity contribution in [2.75, 3.05) is 13.6 Å². The van der Waals surface area contributed by atoms with Crippen molar-refractivity contribution in [3.63, 3.8) is 0 Å². The van der Waals surface area contributed by atoms with Gasteiger partial charge in [-0.2, -0.15) is 0 Å². The van der Waals surface area contributed by atoms with Crippen LogP contribution in [0.3, 0.4) is 0 Å². The second-order valence-corrected chi connectivity index (χ2v) is 6.32. The van der Waals surface area contributed by atoms with Crippen molar-refractivity contribution < 1.29 is 4.39 Å². The summed E-state index contributed by atoms with van der Waals surface area (Å²) in [5.74, 6) is -0.437. The number of hydrogen-bond acceptors (Lipinski definition) is 1. The third-order valence-corrected chi connectivity index (χ3v) is 4.37. The SMILES string of the molecule is CCN(C)C=Nc1cc(Cl)c(Cc2cccc(Cl)c2F)cc1Cl. The van der Waals surface area contributed by atoms with Crippen molar-refractivity contribution >= 4 is 46.8 Å². The molecule has 0 radical (unpaired) electrons. The molecule has 0 spiro atoms. The maximum Gasteiger partial charge on any atom is 0.145 e. The molecule has 0 saturated heterocycles. The highest BCUT2D eigenvalue weighted by molar-refractivity contribution is 6.35. The van der Waals surface area contributed by atoms with E-state index in [2.05, 4.69) is 4.99 Å². The van der Waals surface area contributed by atoms with E-state index in [1.165, 1.54) is 6.07 Å². The topological polar surface area (TPSA) is 15.6 Å². The average molecular weight is 374 g/mol. The van der Waals surface area contributed by atoms with Crippen molar-refractivity contribution in [3.8, 4) is 0 Å². The van der Waals surface area contributed by atoms with E-state index in [0.717, 1.165) is 12.1 Å². The van der Waals surface area contributed by atoms with Crippen molar-refractivity contribution in [1.82, 2.24) is 4.90 Å². The molecule has 0 saturated carbocycles. The maximum absolute atomic E-state index is 14.0. The molecule has 0 aliphatic heterocycles. The molecule has 0 aliphatic rings. The molecule has 2 nitrogen and oxygen atoms in total. The van der Waals surface area contributed by atoms with E-state index >= 15 is 0 Å². The van der Waals surface area contributed by atoms with Gasteiger partial charge in [0.05, 0.1) is 22.1 Å². The molecule has 0 bridgehead atoms. The Kier molecular flexibility index (Phi) is 6.28. The van der Waals surface area contributed by atoms with Gasteiger partial charge in [0, 0.05) is 25.0 Å². The molecule has 122 valence electrons. The Hall–Kier alpha value is -1.29. The first-order valence-electron chi connectivity index (χ1n) is 7.07. The molecule has 6 heteroatoms. The lowest BCUT2D eigenvalue weighted by Gasteiger charge is -2.11. The Morgan fingerprint density at radius 1 is 1.09 bits per heavy atom. The lowest BCUT2D eigenvalue weighted by molar-refractivity contribution is 0.552. The molecule has 0 heterocycles. The number of rotatable bonds is 5. The molecule has 0 N–H and O–H groups in total. The molecule has 0 unspecified atom stereocenters. The average Bonchev–Trinajstić information content (AvgIpc) is 2.53. The van der Waals surface area contributed by atoms with E-state index in [1.807, 2.05) is 18.9 Å². The van der Waals surface area contributed by atoms with Crippen LogP contribution < -0.4 is 0 Å². The molecule has 0 fully saturated rings. The van der Waals surface area contributed by atoms with Gasteiger partial charge in [0.1, 0.15) is 5.82 Å². The van der Waals surface area contributed by atoms with Crippen LogP contribution in [-0.2, 0) is 6.42 Å². The fourth-order valence-corrected chi connectivity index (χ4v) is 2.60. The van der Waals surface area contributed by atoms with Gasteiger partial charge in [-0.1, -0.05) is 46.9 Å². The minimum Gasteiger partial charge on any atom is -0.366 e. The van der Waals surface area contributed by atoms with Crippen LogP contribution in [0.25, 0.3) is 0 Å². The predicted molar refractivity (Wildman–Crippen MR) is 97.1 cm³/mol. The van der Waals surface area contributed by atoms with E-state index < -0.39 is 5.82 Å². The fraction of sp³-hybridized carbons (Fsp3) is 0.235. The first-order valence-corrected chi connectivity index (χ1v) is 8.21. The third-order valence-electron chi connectivity index (χ3n) is 3.42. The third kappa shape index (κ3) is 4.60. The van der Waals surface area contributed by atoms with Gasteiger partial charge in [-0.15, -0.1) is 0 Å². The van der Waals surface area contributed by atoms with E-state index in [4.69, 9.17) is 34.8 Å². The summed E-state index contributed by atoms with van der Waals surface area (Å²) in [7, 11) is 1.91. The van der Waals surface area contributed by atoms with E-state index in [1.54, 1.807) is 30.6 Å². The molecule has 2 aromatic carbocycles. The summed E-state index contributed by atoms with van der Waals surface area (Å²) in [5, 5.41) is 1.04. The molecular weight excluding hydrogens is 358 g/mol. The Morgan fingerprint density at radius 3 is 2.52 bits per heavy atom. The Morgan fingerprint density at radius 2 is 1.83 bits per heavy atom. The summed E-state index contributed by atoms with van der Waals surface area (Å²) >= 11 is 18.3. The quantitative estimate of drug-likeness (QED) is 0.464. The van der Waals surface area contributed by atoms with Gasteiger partial charge in [-0.05, 0) is 36.2 Å². The van der Waals surface area contributed by atoms with Crippen LogP contribution in [0.1, 0.15) is 18.1 Å². The molecule has 0 aliphatic carbocycles. The van der Waals surface area contributed by atoms with E-state index in [0.29, 0.717) is 27.7 Å². The van der Waals surface area contributed by atoms with Crippen LogP contribution in [-0.4, -0.2) is 24.8 Å². The van der Waals surface area contributed by atoms with Gasteiger partial charge in [0.2, 0.25) is 0 Å². The summed E-state index contributed by atoms with van der Waals surface area (Å²) < 4.78 is 14.0. The highest BCUT2D eigenvalue weighted by atomic mass is 35.5. The molecule has 2 rings (SSSR count). The summed E-state index contributed by atoms with van der Waals surface area (Å²) in [6.45, 7) is 2.85. The second-order valence-electron chi connectivity index (χ2n) is 5.10. The van der Waals surface area contributed by atoms with Gasteiger partial charge in [-0.3, -0.25) is 0 Å². The first-order chi connectivity index (χ1) is 10.9. The highest BCUT2D eigenvalue weighted by Gasteiger charge is 2.11. The standard InChI is InChI=1S/C17H16Cl3FN2/c1-3-23(2)10-22-16-9-14(19)12(8-15(16)20)7-11-5-4-6-13(18)17(11)21/h4-6,8-10H,3,7H2,1-2H3. The molecule has 0 atom stereocenters. The lowest BCUT2D eigenvalue weighted by Crippen LogP contribution is -2.14. The van der Waals surface area contributed by atoms with Crippen molar-refractivity contribution in [2.45, 2.75) is 13.3 Å². The molecule has 0 amide bonds. The van der Waals surface area contributed by atoms with Gasteiger partial charge >= 0.3 is 0 Å².